The number of nitrogens with zero attached hydrogens (tertiary/aromatic N) is 1. The van der Waals surface area contributed by atoms with Gasteiger partial charge < -0.3 is 27.7 Å². The molecule has 0 amide bonds. The van der Waals surface area contributed by atoms with Gasteiger partial charge in [-0.1, -0.05) is 0 Å². The van der Waals surface area contributed by atoms with Crippen LogP contribution in [0.1, 0.15) is 0 Å². The third-order valence-corrected chi connectivity index (χ3v) is 0. The minimum absolute atomic E-state index is 0. The summed E-state index contributed by atoms with van der Waals surface area (Å²) in [6.45, 7) is 0. The molecule has 32 valence electrons. The van der Waals surface area contributed by atoms with E-state index in [1.165, 1.54) is 0 Å². The van der Waals surface area contributed by atoms with Crippen molar-refractivity contribution in [3.63, 3.8) is 0 Å². The molecule has 0 aliphatic heterocycles. The van der Waals surface area contributed by atoms with E-state index in [4.69, 9.17) is 15.3 Å². The molecule has 0 bridgehead atoms. The molecule has 0 saturated heterocycles. The molecule has 0 atom stereocenters. The Kier molecular flexibility index (Phi) is 55.9. The largest absolute Gasteiger partial charge is 2.00 e. The first-order valence-electron chi connectivity index (χ1n) is 0.548. The van der Waals surface area contributed by atoms with E-state index in [9.17, 15) is 0 Å². The van der Waals surface area contributed by atoms with Gasteiger partial charge in [-0.25, -0.2) is 0 Å². The molecule has 0 aromatic rings. The molecule has 0 spiro atoms. The predicted octanol–water partition coefficient (Wildman–Crippen LogP) is -3.62. The Labute approximate surface area is 75.1 Å². The molecule has 0 saturated carbocycles. The Balaban J connectivity index is -0.0000000150. The third-order valence-electron chi connectivity index (χ3n) is 0. The van der Waals surface area contributed by atoms with E-state index in [1.54, 1.807) is 0 Å². The second-order valence-corrected chi connectivity index (χ2v) is 0.224. The monoisotopic (exact) mass is 185 g/mol. The maximum absolute atomic E-state index is 8.25. The van der Waals surface area contributed by atoms with Gasteiger partial charge in [-0.15, -0.1) is 0 Å². The third kappa shape index (κ3) is 212. The van der Waals surface area contributed by atoms with Crippen molar-refractivity contribution in [2.45, 2.75) is 0 Å². The van der Waals surface area contributed by atoms with Crippen LogP contribution < -0.4 is 12.4 Å². The van der Waals surface area contributed by atoms with Crippen molar-refractivity contribution in [3.05, 3.63) is 15.3 Å². The molecule has 0 aromatic carbocycles. The molecule has 0 aliphatic rings. The van der Waals surface area contributed by atoms with Gasteiger partial charge in [-0.3, -0.25) is 0 Å². The summed E-state index contributed by atoms with van der Waals surface area (Å²) in [7, 11) is 0. The molecule has 0 unspecified atom stereocenters. The van der Waals surface area contributed by atoms with Crippen LogP contribution in [-0.2, 0) is 19.5 Å². The number of hydrogen-bond acceptors (Lipinski definition) is 3. The Bertz CT molecular complexity index is 37.9. The average Bonchev–Trinajstić information content (AvgIpc) is 0.811. The Morgan fingerprint density at radius 3 is 1.29 bits per heavy atom. The minimum Gasteiger partial charge on any atom is -1.00 e. The summed E-state index contributed by atoms with van der Waals surface area (Å²) in [6.07, 6.45) is 0. The molecule has 0 N–H and O–H groups in total. The van der Waals surface area contributed by atoms with Crippen molar-refractivity contribution in [2.24, 2.45) is 0 Å². The second-order valence-electron chi connectivity index (χ2n) is 0.224. The fourth-order valence-electron chi connectivity index (χ4n) is 0. The normalized spacial score (nSPS) is 3.43. The molecule has 7 heavy (non-hydrogen) atoms. The van der Waals surface area contributed by atoms with Gasteiger partial charge in [0.15, 0.2) is 0 Å². The fraction of sp³-hybridized carbons (Fsp3) is 0. The molecule has 7 heteroatoms. The van der Waals surface area contributed by atoms with Gasteiger partial charge in [-0.05, 0) is 0 Å². The Morgan fingerprint density at radius 2 is 1.29 bits per heavy atom. The second kappa shape index (κ2) is 15.8. The standard InChI is InChI=1S/ClH.Mg.NO3.Zn/c;;2-1(3)4;/h1H;;;/q;+2;-1;+2/p-1. The number of rotatable bonds is 0. The van der Waals surface area contributed by atoms with Crippen molar-refractivity contribution in [1.82, 2.24) is 0 Å². The van der Waals surface area contributed by atoms with E-state index in [2.05, 4.69) is 0 Å². The summed E-state index contributed by atoms with van der Waals surface area (Å²) in [4.78, 5) is 8.25. The van der Waals surface area contributed by atoms with Crippen LogP contribution in [0.3, 0.4) is 0 Å². The van der Waals surface area contributed by atoms with Crippen molar-refractivity contribution in [2.75, 3.05) is 0 Å². The van der Waals surface area contributed by atoms with Crippen LogP contribution in [-0.4, -0.2) is 28.1 Å². The van der Waals surface area contributed by atoms with Crippen LogP contribution in [0.2, 0.25) is 0 Å². The SMILES string of the molecule is O=[N+]([O-])[O-].[Cl-].[Mg+2].[Zn+2]. The van der Waals surface area contributed by atoms with Crippen LogP contribution in [0.5, 0.6) is 0 Å². The first kappa shape index (κ1) is 24.8. The van der Waals surface area contributed by atoms with Crippen molar-refractivity contribution in [1.29, 1.82) is 0 Å². The fourth-order valence-corrected chi connectivity index (χ4v) is 0. The van der Waals surface area contributed by atoms with Gasteiger partial charge in [0.2, 0.25) is 0 Å². The van der Waals surface area contributed by atoms with Gasteiger partial charge in [-0.2, -0.15) is 0 Å². The maximum Gasteiger partial charge on any atom is 2.00 e. The zero-order valence-corrected chi connectivity index (χ0v) is 8.60. The Hall–Kier alpha value is 0.880. The molecule has 0 aromatic heterocycles. The topological polar surface area (TPSA) is 66.2 Å². The number of halogens is 1. The molecule has 0 aliphatic carbocycles. The molecule has 0 heterocycles. The van der Waals surface area contributed by atoms with E-state index < -0.39 is 5.09 Å². The molecule has 0 rings (SSSR count). The first-order valence-corrected chi connectivity index (χ1v) is 0.548. The zero-order valence-electron chi connectivity index (χ0n) is 3.46. The first-order chi connectivity index (χ1) is 1.73. The van der Waals surface area contributed by atoms with E-state index in [0.717, 1.165) is 0 Å². The molecular weight excluding hydrogens is 187 g/mol. The Morgan fingerprint density at radius 1 is 1.29 bits per heavy atom. The summed E-state index contributed by atoms with van der Waals surface area (Å²) >= 11 is 0. The molecule has 0 radical (unpaired) electrons. The van der Waals surface area contributed by atoms with Gasteiger partial charge >= 0.3 is 42.5 Å². The smallest absolute Gasteiger partial charge is 1.00 e. The van der Waals surface area contributed by atoms with Crippen molar-refractivity contribution >= 4 is 23.1 Å². The van der Waals surface area contributed by atoms with E-state index >= 15 is 0 Å². The van der Waals surface area contributed by atoms with Gasteiger partial charge in [0.25, 0.3) is 0 Å². The van der Waals surface area contributed by atoms with Gasteiger partial charge in [0, 0.05) is 0 Å². The molecule has 0 fully saturated rings. The predicted molar refractivity (Wildman–Crippen MR) is 16.1 cm³/mol. The number of hydrogen-bond donors (Lipinski definition) is 0. The van der Waals surface area contributed by atoms with E-state index in [1.807, 2.05) is 0 Å². The van der Waals surface area contributed by atoms with Crippen LogP contribution in [0, 0.1) is 15.3 Å². The van der Waals surface area contributed by atoms with E-state index in [-0.39, 0.29) is 54.9 Å². The summed E-state index contributed by atoms with van der Waals surface area (Å²) in [5.41, 5.74) is 0. The minimum atomic E-state index is -1.75. The average molecular weight is 187 g/mol. The quantitative estimate of drug-likeness (QED) is 0.223. The van der Waals surface area contributed by atoms with Crippen molar-refractivity contribution < 1.29 is 37.0 Å². The van der Waals surface area contributed by atoms with Crippen LogP contribution >= 0.6 is 0 Å². The van der Waals surface area contributed by atoms with Crippen LogP contribution in [0.25, 0.3) is 0 Å². The summed E-state index contributed by atoms with van der Waals surface area (Å²) in [6, 6.07) is 0. The molecule has 4 nitrogen and oxygen atoms in total. The van der Waals surface area contributed by atoms with Crippen LogP contribution in [0.4, 0.5) is 0 Å². The van der Waals surface area contributed by atoms with E-state index in [0.29, 0.717) is 0 Å². The molecular formula is ClMgNO3Zn+2. The van der Waals surface area contributed by atoms with Crippen LogP contribution in [0.15, 0.2) is 0 Å². The maximum atomic E-state index is 8.25. The van der Waals surface area contributed by atoms with Crippen molar-refractivity contribution in [3.8, 4) is 0 Å². The zero-order chi connectivity index (χ0) is 3.58. The summed E-state index contributed by atoms with van der Waals surface area (Å²) in [5, 5.41) is 14.8. The van der Waals surface area contributed by atoms with Gasteiger partial charge in [0.1, 0.15) is 0 Å². The summed E-state index contributed by atoms with van der Waals surface area (Å²) in [5.74, 6) is 0. The summed E-state index contributed by atoms with van der Waals surface area (Å²) < 4.78 is 0. The van der Waals surface area contributed by atoms with Gasteiger partial charge in [0.05, 0.1) is 5.09 Å².